The average Bonchev–Trinajstić information content (AvgIpc) is 2.48. The highest BCUT2D eigenvalue weighted by atomic mass is 16.5. The zero-order valence-electron chi connectivity index (χ0n) is 11.0. The van der Waals surface area contributed by atoms with E-state index in [1.807, 2.05) is 36.4 Å². The van der Waals surface area contributed by atoms with Gasteiger partial charge in [-0.05, 0) is 29.8 Å². The first-order valence-electron chi connectivity index (χ1n) is 6.25. The van der Waals surface area contributed by atoms with E-state index in [-0.39, 0.29) is 0 Å². The minimum Gasteiger partial charge on any atom is -0.493 e. The van der Waals surface area contributed by atoms with Crippen LogP contribution >= 0.6 is 0 Å². The fraction of sp³-hybridized carbons (Fsp3) is 0.267. The molecule has 100 valence electrons. The lowest BCUT2D eigenvalue weighted by Crippen LogP contribution is -2.20. The largest absolute Gasteiger partial charge is 0.493 e. The fourth-order valence-electron chi connectivity index (χ4n) is 1.70. The molecule has 0 saturated heterocycles. The first kappa shape index (κ1) is 13.4. The standard InChI is InChI=1S/C15H18N2O2/c1-18-14-4-2-3-5-15(14)19-11-10-17-12-13-6-8-16-9-7-13/h2-9,17H,10-12H2,1H3. The number of para-hydroxylation sites is 2. The predicted molar refractivity (Wildman–Crippen MR) is 74.4 cm³/mol. The Balaban J connectivity index is 1.69. The van der Waals surface area contributed by atoms with E-state index in [0.717, 1.165) is 24.6 Å². The van der Waals surface area contributed by atoms with Gasteiger partial charge in [0.25, 0.3) is 0 Å². The summed E-state index contributed by atoms with van der Waals surface area (Å²) in [5.41, 5.74) is 1.22. The summed E-state index contributed by atoms with van der Waals surface area (Å²) in [5, 5.41) is 3.32. The molecule has 0 spiro atoms. The summed E-state index contributed by atoms with van der Waals surface area (Å²) >= 11 is 0. The van der Waals surface area contributed by atoms with E-state index in [4.69, 9.17) is 9.47 Å². The summed E-state index contributed by atoms with van der Waals surface area (Å²) in [6.45, 7) is 2.20. The Labute approximate surface area is 113 Å². The Bertz CT molecular complexity index is 489. The zero-order chi connectivity index (χ0) is 13.3. The van der Waals surface area contributed by atoms with Crippen LogP contribution in [0.15, 0.2) is 48.8 Å². The van der Waals surface area contributed by atoms with Crippen LogP contribution in [0.2, 0.25) is 0 Å². The van der Waals surface area contributed by atoms with Gasteiger partial charge in [0.05, 0.1) is 7.11 Å². The molecule has 4 nitrogen and oxygen atoms in total. The number of hydrogen-bond donors (Lipinski definition) is 1. The van der Waals surface area contributed by atoms with Crippen LogP contribution in [0, 0.1) is 0 Å². The average molecular weight is 258 g/mol. The lowest BCUT2D eigenvalue weighted by atomic mass is 10.3. The molecule has 0 unspecified atom stereocenters. The second kappa shape index (κ2) is 7.38. The Hall–Kier alpha value is -2.07. The SMILES string of the molecule is COc1ccccc1OCCNCc1ccncc1. The summed E-state index contributed by atoms with van der Waals surface area (Å²) in [6.07, 6.45) is 3.59. The Morgan fingerprint density at radius 1 is 1.05 bits per heavy atom. The van der Waals surface area contributed by atoms with E-state index in [2.05, 4.69) is 10.3 Å². The minimum atomic E-state index is 0.603. The van der Waals surface area contributed by atoms with Crippen molar-refractivity contribution in [1.29, 1.82) is 0 Å². The van der Waals surface area contributed by atoms with Crippen LogP contribution in [0.5, 0.6) is 11.5 Å². The van der Waals surface area contributed by atoms with Crippen LogP contribution in [0.25, 0.3) is 0 Å². The second-order valence-corrected chi connectivity index (χ2v) is 4.03. The minimum absolute atomic E-state index is 0.603. The van der Waals surface area contributed by atoms with Crippen LogP contribution in [0.4, 0.5) is 0 Å². The fourth-order valence-corrected chi connectivity index (χ4v) is 1.70. The van der Waals surface area contributed by atoms with Gasteiger partial charge < -0.3 is 14.8 Å². The first-order chi connectivity index (χ1) is 9.40. The number of ether oxygens (including phenoxy) is 2. The van der Waals surface area contributed by atoms with Crippen molar-refractivity contribution in [3.8, 4) is 11.5 Å². The zero-order valence-corrected chi connectivity index (χ0v) is 11.0. The maximum absolute atomic E-state index is 5.67. The van der Waals surface area contributed by atoms with Crippen LogP contribution in [0.1, 0.15) is 5.56 Å². The van der Waals surface area contributed by atoms with Gasteiger partial charge >= 0.3 is 0 Å². The maximum atomic E-state index is 5.67. The maximum Gasteiger partial charge on any atom is 0.161 e. The number of aromatic nitrogens is 1. The number of nitrogens with one attached hydrogen (secondary N) is 1. The third-order valence-electron chi connectivity index (χ3n) is 2.68. The van der Waals surface area contributed by atoms with Crippen LogP contribution in [-0.2, 0) is 6.54 Å². The predicted octanol–water partition coefficient (Wildman–Crippen LogP) is 2.26. The summed E-state index contributed by atoms with van der Waals surface area (Å²) in [6, 6.07) is 11.6. The molecule has 0 aliphatic carbocycles. The highest BCUT2D eigenvalue weighted by Crippen LogP contribution is 2.25. The quantitative estimate of drug-likeness (QED) is 0.774. The van der Waals surface area contributed by atoms with Crippen LogP contribution in [-0.4, -0.2) is 25.2 Å². The van der Waals surface area contributed by atoms with E-state index in [9.17, 15) is 0 Å². The highest BCUT2D eigenvalue weighted by Gasteiger charge is 2.01. The molecule has 0 radical (unpaired) electrons. The topological polar surface area (TPSA) is 43.4 Å². The molecule has 2 aromatic rings. The van der Waals surface area contributed by atoms with Gasteiger partial charge in [0.1, 0.15) is 6.61 Å². The molecule has 19 heavy (non-hydrogen) atoms. The molecule has 4 heteroatoms. The molecule has 1 aromatic carbocycles. The van der Waals surface area contributed by atoms with Crippen molar-refractivity contribution in [2.45, 2.75) is 6.54 Å². The smallest absolute Gasteiger partial charge is 0.161 e. The molecular formula is C15H18N2O2. The van der Waals surface area contributed by atoms with E-state index < -0.39 is 0 Å². The van der Waals surface area contributed by atoms with Crippen molar-refractivity contribution in [1.82, 2.24) is 10.3 Å². The number of hydrogen-bond acceptors (Lipinski definition) is 4. The lowest BCUT2D eigenvalue weighted by molar-refractivity contribution is 0.292. The summed E-state index contributed by atoms with van der Waals surface area (Å²) in [4.78, 5) is 3.98. The molecule has 0 atom stereocenters. The monoisotopic (exact) mass is 258 g/mol. The Morgan fingerprint density at radius 3 is 2.53 bits per heavy atom. The number of nitrogens with zero attached hydrogens (tertiary/aromatic N) is 1. The normalized spacial score (nSPS) is 10.2. The molecule has 2 rings (SSSR count). The molecular weight excluding hydrogens is 240 g/mol. The molecule has 0 aliphatic heterocycles. The number of benzene rings is 1. The van der Waals surface area contributed by atoms with Gasteiger partial charge in [-0.15, -0.1) is 0 Å². The second-order valence-electron chi connectivity index (χ2n) is 4.03. The van der Waals surface area contributed by atoms with Gasteiger partial charge in [-0.2, -0.15) is 0 Å². The van der Waals surface area contributed by atoms with E-state index in [1.54, 1.807) is 19.5 Å². The summed E-state index contributed by atoms with van der Waals surface area (Å²) in [5.74, 6) is 1.53. The van der Waals surface area contributed by atoms with Gasteiger partial charge in [-0.3, -0.25) is 4.98 Å². The van der Waals surface area contributed by atoms with Gasteiger partial charge in [-0.1, -0.05) is 12.1 Å². The number of pyridine rings is 1. The third kappa shape index (κ3) is 4.26. The molecule has 0 fully saturated rings. The van der Waals surface area contributed by atoms with Gasteiger partial charge in [0.2, 0.25) is 0 Å². The van der Waals surface area contributed by atoms with Crippen molar-refractivity contribution in [2.24, 2.45) is 0 Å². The van der Waals surface area contributed by atoms with Crippen molar-refractivity contribution >= 4 is 0 Å². The molecule has 0 amide bonds. The van der Waals surface area contributed by atoms with Gasteiger partial charge in [-0.25, -0.2) is 0 Å². The summed E-state index contributed by atoms with van der Waals surface area (Å²) in [7, 11) is 1.64. The number of rotatable bonds is 7. The molecule has 0 bridgehead atoms. The van der Waals surface area contributed by atoms with Crippen LogP contribution in [0.3, 0.4) is 0 Å². The molecule has 0 saturated carbocycles. The van der Waals surface area contributed by atoms with E-state index >= 15 is 0 Å². The first-order valence-corrected chi connectivity index (χ1v) is 6.25. The molecule has 1 aromatic heterocycles. The van der Waals surface area contributed by atoms with Gasteiger partial charge in [0, 0.05) is 25.5 Å². The van der Waals surface area contributed by atoms with Crippen molar-refractivity contribution in [2.75, 3.05) is 20.3 Å². The molecule has 0 aliphatic rings. The number of methoxy groups -OCH3 is 1. The summed E-state index contributed by atoms with van der Waals surface area (Å²) < 4.78 is 10.9. The third-order valence-corrected chi connectivity index (χ3v) is 2.68. The lowest BCUT2D eigenvalue weighted by Gasteiger charge is -2.10. The van der Waals surface area contributed by atoms with E-state index in [0.29, 0.717) is 6.61 Å². The van der Waals surface area contributed by atoms with Gasteiger partial charge in [0.15, 0.2) is 11.5 Å². The highest BCUT2D eigenvalue weighted by molar-refractivity contribution is 5.39. The van der Waals surface area contributed by atoms with Crippen molar-refractivity contribution < 1.29 is 9.47 Å². The van der Waals surface area contributed by atoms with Crippen LogP contribution < -0.4 is 14.8 Å². The van der Waals surface area contributed by atoms with Crippen molar-refractivity contribution in [3.63, 3.8) is 0 Å². The molecule has 1 N–H and O–H groups in total. The van der Waals surface area contributed by atoms with Crippen molar-refractivity contribution in [3.05, 3.63) is 54.4 Å². The Kier molecular flexibility index (Phi) is 5.19. The Morgan fingerprint density at radius 2 is 1.79 bits per heavy atom. The molecule has 1 heterocycles. The van der Waals surface area contributed by atoms with E-state index in [1.165, 1.54) is 5.56 Å².